The number of amidine groups is 1. The zero-order chi connectivity index (χ0) is 22.5. The Kier molecular flexibility index (Phi) is 6.00. The van der Waals surface area contributed by atoms with Gasteiger partial charge in [0, 0.05) is 46.9 Å². The number of nitrogens with one attached hydrogen (secondary N) is 1. The number of sulfonamides is 1. The highest BCUT2D eigenvalue weighted by Gasteiger charge is 2.43. The molecule has 2 aliphatic heterocycles. The third-order valence-electron chi connectivity index (χ3n) is 5.72. The highest BCUT2D eigenvalue weighted by atomic mass is 79.9. The number of aliphatic imine (C=N–C) groups is 1. The Balaban J connectivity index is 1.60. The van der Waals surface area contributed by atoms with Gasteiger partial charge in [0.25, 0.3) is 0 Å². The fourth-order valence-corrected chi connectivity index (χ4v) is 6.92. The summed E-state index contributed by atoms with van der Waals surface area (Å²) in [4.78, 5) is 13.2. The number of fused-ring (bicyclic) bond motifs is 1. The smallest absolute Gasteiger partial charge is 0.214 e. The molecule has 1 aliphatic carbocycles. The van der Waals surface area contributed by atoms with E-state index in [1.165, 1.54) is 23.5 Å². The molecule has 1 aromatic heterocycles. The average molecular weight is 558 g/mol. The van der Waals surface area contributed by atoms with E-state index in [-0.39, 0.29) is 16.3 Å². The normalized spacial score (nSPS) is 23.7. The number of aromatic nitrogens is 1. The molecule has 168 valence electrons. The van der Waals surface area contributed by atoms with Crippen LogP contribution in [0.2, 0.25) is 5.02 Å². The first-order chi connectivity index (χ1) is 15.4. The van der Waals surface area contributed by atoms with Gasteiger partial charge in [0.05, 0.1) is 5.25 Å². The molecule has 1 aromatic carbocycles. The van der Waals surface area contributed by atoms with Gasteiger partial charge in [-0.25, -0.2) is 22.5 Å². The number of benzene rings is 1. The molecule has 32 heavy (non-hydrogen) atoms. The number of nitrogens with zero attached hydrogens (tertiary/aromatic N) is 3. The van der Waals surface area contributed by atoms with Crippen molar-refractivity contribution in [1.82, 2.24) is 14.6 Å². The van der Waals surface area contributed by atoms with E-state index in [0.29, 0.717) is 37.2 Å². The van der Waals surface area contributed by atoms with E-state index in [4.69, 9.17) is 16.6 Å². The van der Waals surface area contributed by atoms with Crippen molar-refractivity contribution < 1.29 is 12.8 Å². The third-order valence-corrected chi connectivity index (χ3v) is 9.09. The van der Waals surface area contributed by atoms with Crippen LogP contribution in [-0.4, -0.2) is 42.0 Å². The fraction of sp³-hybridized carbons (Fsp3) is 0.333. The Morgan fingerprint density at radius 1 is 1.34 bits per heavy atom. The topological polar surface area (TPSA) is 74.7 Å². The second kappa shape index (κ2) is 8.64. The Hall–Kier alpha value is -1.59. The quantitative estimate of drug-likeness (QED) is 0.556. The summed E-state index contributed by atoms with van der Waals surface area (Å²) in [5.41, 5.74) is 2.51. The minimum absolute atomic E-state index is 0.276. The van der Waals surface area contributed by atoms with E-state index in [9.17, 15) is 12.8 Å². The van der Waals surface area contributed by atoms with Gasteiger partial charge in [0.15, 0.2) is 10.8 Å². The summed E-state index contributed by atoms with van der Waals surface area (Å²) in [6.45, 7) is 0.462. The van der Waals surface area contributed by atoms with Gasteiger partial charge in [-0.15, -0.1) is 11.3 Å². The van der Waals surface area contributed by atoms with Crippen LogP contribution in [0.1, 0.15) is 35.9 Å². The summed E-state index contributed by atoms with van der Waals surface area (Å²) in [6.07, 6.45) is 5.54. The molecular formula is C21H19BrClFN4O2S2. The summed E-state index contributed by atoms with van der Waals surface area (Å²) in [5, 5.41) is 2.61. The molecule has 1 N–H and O–H groups in total. The van der Waals surface area contributed by atoms with Crippen LogP contribution in [-0.2, 0) is 10.0 Å². The van der Waals surface area contributed by atoms with E-state index < -0.39 is 21.9 Å². The Morgan fingerprint density at radius 3 is 2.81 bits per heavy atom. The molecule has 3 heterocycles. The van der Waals surface area contributed by atoms with Crippen LogP contribution in [0.15, 0.2) is 57.1 Å². The largest absolute Gasteiger partial charge is 0.326 e. The average Bonchev–Trinajstić information content (AvgIpc) is 3.32. The first-order valence-electron chi connectivity index (χ1n) is 10.1. The lowest BCUT2D eigenvalue weighted by Crippen LogP contribution is -2.40. The number of thiazole rings is 1. The number of hydrogen-bond donors (Lipinski definition) is 1. The Labute approximate surface area is 203 Å². The molecule has 2 aromatic rings. The molecule has 2 atom stereocenters. The zero-order valence-corrected chi connectivity index (χ0v) is 20.7. The van der Waals surface area contributed by atoms with Crippen LogP contribution >= 0.6 is 38.9 Å². The van der Waals surface area contributed by atoms with Gasteiger partial charge in [-0.2, -0.15) is 0 Å². The summed E-state index contributed by atoms with van der Waals surface area (Å²) >= 11 is 11.2. The van der Waals surface area contributed by atoms with E-state index >= 15 is 0 Å². The SMILES string of the molecule is O=S(=O)(NC1CC2=C(/C=C/Br)C(c3ccc(F)cc3Cl)N=C(c3nccs3)N2C1)C1CC1. The lowest BCUT2D eigenvalue weighted by Gasteiger charge is -2.31. The molecule has 1 saturated carbocycles. The van der Waals surface area contributed by atoms with E-state index in [2.05, 4.69) is 25.6 Å². The van der Waals surface area contributed by atoms with Gasteiger partial charge in [0.2, 0.25) is 10.0 Å². The predicted molar refractivity (Wildman–Crippen MR) is 128 cm³/mol. The van der Waals surface area contributed by atoms with Gasteiger partial charge in [-0.3, -0.25) is 4.99 Å². The maximum Gasteiger partial charge on any atom is 0.214 e. The number of rotatable bonds is 6. The molecule has 5 rings (SSSR count). The lowest BCUT2D eigenvalue weighted by atomic mass is 9.94. The lowest BCUT2D eigenvalue weighted by molar-refractivity contribution is 0.512. The van der Waals surface area contributed by atoms with E-state index in [0.717, 1.165) is 16.3 Å². The first-order valence-corrected chi connectivity index (χ1v) is 13.8. The zero-order valence-electron chi connectivity index (χ0n) is 16.7. The van der Waals surface area contributed by atoms with Crippen LogP contribution in [0.3, 0.4) is 0 Å². The van der Waals surface area contributed by atoms with Crippen molar-refractivity contribution in [2.75, 3.05) is 6.54 Å². The minimum atomic E-state index is -3.33. The second-order valence-electron chi connectivity index (χ2n) is 7.93. The van der Waals surface area contributed by atoms with Crippen molar-refractivity contribution in [1.29, 1.82) is 0 Å². The van der Waals surface area contributed by atoms with Crippen LogP contribution in [0.25, 0.3) is 0 Å². The van der Waals surface area contributed by atoms with Gasteiger partial charge in [-0.05, 0) is 41.6 Å². The van der Waals surface area contributed by atoms with Crippen molar-refractivity contribution in [2.45, 2.75) is 36.6 Å². The van der Waals surface area contributed by atoms with Gasteiger partial charge in [-0.1, -0.05) is 33.6 Å². The highest BCUT2D eigenvalue weighted by molar-refractivity contribution is 9.11. The maximum absolute atomic E-state index is 13.7. The molecule has 2 unspecified atom stereocenters. The number of hydrogen-bond acceptors (Lipinski definition) is 6. The molecule has 3 aliphatic rings. The number of halogens is 3. The summed E-state index contributed by atoms with van der Waals surface area (Å²) in [6, 6.07) is 3.55. The molecule has 11 heteroatoms. The molecule has 1 saturated heterocycles. The first kappa shape index (κ1) is 22.2. The van der Waals surface area contributed by atoms with Crippen molar-refractivity contribution in [3.63, 3.8) is 0 Å². The highest BCUT2D eigenvalue weighted by Crippen LogP contribution is 2.43. The van der Waals surface area contributed by atoms with Crippen molar-refractivity contribution in [3.05, 3.63) is 73.5 Å². The third kappa shape index (κ3) is 4.19. The van der Waals surface area contributed by atoms with Gasteiger partial charge < -0.3 is 4.90 Å². The van der Waals surface area contributed by atoms with Crippen LogP contribution < -0.4 is 4.72 Å². The monoisotopic (exact) mass is 556 g/mol. The minimum Gasteiger partial charge on any atom is -0.326 e. The molecular weight excluding hydrogens is 539 g/mol. The van der Waals surface area contributed by atoms with Gasteiger partial charge >= 0.3 is 0 Å². The van der Waals surface area contributed by atoms with Crippen LogP contribution in [0.5, 0.6) is 0 Å². The molecule has 0 spiro atoms. The van der Waals surface area contributed by atoms with Crippen LogP contribution in [0, 0.1) is 5.82 Å². The molecule has 0 amide bonds. The maximum atomic E-state index is 13.7. The summed E-state index contributed by atoms with van der Waals surface area (Å²) in [7, 11) is -3.33. The Bertz CT molecular complexity index is 1240. The fourth-order valence-electron chi connectivity index (χ4n) is 4.15. The van der Waals surface area contributed by atoms with Crippen molar-refractivity contribution >= 4 is 54.7 Å². The molecule has 0 bridgehead atoms. The summed E-state index contributed by atoms with van der Waals surface area (Å²) < 4.78 is 41.8. The standard InChI is InChI=1S/C21H19BrClFN4O2S2/c22-6-5-16-18-10-13(27-32(29,30)14-2-3-14)11-28(18)20(21-25-7-8-31-21)26-19(16)15-4-1-12(24)9-17(15)23/h1,4-9,13-14,19,27H,2-3,10-11H2/b6-5+. The van der Waals surface area contributed by atoms with E-state index in [1.807, 2.05) is 16.4 Å². The van der Waals surface area contributed by atoms with Crippen molar-refractivity contribution in [2.24, 2.45) is 4.99 Å². The van der Waals surface area contributed by atoms with Crippen LogP contribution in [0.4, 0.5) is 4.39 Å². The second-order valence-corrected chi connectivity index (χ2v) is 11.7. The van der Waals surface area contributed by atoms with Crippen molar-refractivity contribution in [3.8, 4) is 0 Å². The molecule has 6 nitrogen and oxygen atoms in total. The Morgan fingerprint density at radius 2 is 2.16 bits per heavy atom. The molecule has 2 fully saturated rings. The van der Waals surface area contributed by atoms with E-state index in [1.54, 1.807) is 17.2 Å². The molecule has 0 radical (unpaired) electrons. The summed E-state index contributed by atoms with van der Waals surface area (Å²) in [5.74, 6) is 0.251. The van der Waals surface area contributed by atoms with Gasteiger partial charge in [0.1, 0.15) is 11.9 Å². The predicted octanol–water partition coefficient (Wildman–Crippen LogP) is 4.76.